The van der Waals surface area contributed by atoms with Gasteiger partial charge in [0.1, 0.15) is 0 Å². The molecule has 4 heterocycles. The summed E-state index contributed by atoms with van der Waals surface area (Å²) < 4.78 is 4.01. The van der Waals surface area contributed by atoms with Gasteiger partial charge in [-0.3, -0.25) is 14.9 Å². The number of benzene rings is 2. The maximum Gasteiger partial charge on any atom is 0.259 e. The Labute approximate surface area is 188 Å². The molecule has 2 aromatic carbocycles. The molecule has 156 valence electrons. The van der Waals surface area contributed by atoms with E-state index in [1.807, 2.05) is 72.0 Å². The van der Waals surface area contributed by atoms with Crippen LogP contribution in [0.15, 0.2) is 72.4 Å². The first-order valence-electron chi connectivity index (χ1n) is 10.3. The predicted octanol–water partition coefficient (Wildman–Crippen LogP) is 4.97. The lowest BCUT2D eigenvalue weighted by molar-refractivity contribution is -0.122. The van der Waals surface area contributed by atoms with Crippen LogP contribution in [0.3, 0.4) is 0 Å². The van der Waals surface area contributed by atoms with Crippen LogP contribution in [0.2, 0.25) is 0 Å². The molecule has 0 atom stereocenters. The summed E-state index contributed by atoms with van der Waals surface area (Å²) in [7, 11) is 3.92. The van der Waals surface area contributed by atoms with Crippen molar-refractivity contribution in [2.75, 3.05) is 0 Å². The van der Waals surface area contributed by atoms with Gasteiger partial charge in [0.05, 0.1) is 11.1 Å². The van der Waals surface area contributed by atoms with E-state index in [0.29, 0.717) is 11.1 Å². The highest BCUT2D eigenvalue weighted by atomic mass is 32.1. The van der Waals surface area contributed by atoms with Gasteiger partial charge in [0, 0.05) is 64.3 Å². The first-order chi connectivity index (χ1) is 15.5. The number of aryl methyl sites for hydroxylation is 2. The highest BCUT2D eigenvalue weighted by molar-refractivity contribution is 7.13. The monoisotopic (exact) mass is 437 g/mol. The van der Waals surface area contributed by atoms with Gasteiger partial charge in [0.25, 0.3) is 11.8 Å². The number of imide groups is 1. The molecular formula is C26H19N3O2S. The third kappa shape index (κ3) is 2.63. The van der Waals surface area contributed by atoms with Gasteiger partial charge >= 0.3 is 0 Å². The fourth-order valence-electron chi connectivity index (χ4n) is 4.69. The summed E-state index contributed by atoms with van der Waals surface area (Å²) in [5.74, 6) is -0.707. The fourth-order valence-corrected chi connectivity index (χ4v) is 5.41. The first kappa shape index (κ1) is 18.8. The SMILES string of the molecule is Cn1cc(C2=C(c3cn(C)c4cc(-c5cccs5)ccc34)C(=O)NC2=O)c2ccccc21. The Kier molecular flexibility index (Phi) is 4.00. The van der Waals surface area contributed by atoms with Crippen molar-refractivity contribution in [1.82, 2.24) is 14.5 Å². The number of rotatable bonds is 3. The van der Waals surface area contributed by atoms with Crippen LogP contribution in [-0.4, -0.2) is 20.9 Å². The van der Waals surface area contributed by atoms with Gasteiger partial charge < -0.3 is 9.13 Å². The van der Waals surface area contributed by atoms with Gasteiger partial charge in [0.2, 0.25) is 0 Å². The number of para-hydroxylation sites is 1. The molecule has 5 aromatic rings. The van der Waals surface area contributed by atoms with E-state index >= 15 is 0 Å². The normalized spacial score (nSPS) is 14.2. The van der Waals surface area contributed by atoms with E-state index in [9.17, 15) is 9.59 Å². The fraction of sp³-hybridized carbons (Fsp3) is 0.0769. The van der Waals surface area contributed by atoms with E-state index in [4.69, 9.17) is 0 Å². The zero-order valence-electron chi connectivity index (χ0n) is 17.5. The average molecular weight is 438 g/mol. The number of hydrogen-bond donors (Lipinski definition) is 1. The number of thiophene rings is 1. The minimum atomic E-state index is -0.354. The standard InChI is InChI=1S/C26H19N3O2S/c1-28-13-18(16-6-3-4-7-20(16)28)23-24(26(31)27-25(23)30)19-14-29(2)21-12-15(9-10-17(19)21)22-8-5-11-32-22/h3-14H,1-2H3,(H,27,30,31). The summed E-state index contributed by atoms with van der Waals surface area (Å²) >= 11 is 1.69. The van der Waals surface area contributed by atoms with Crippen molar-refractivity contribution in [2.24, 2.45) is 14.1 Å². The first-order valence-corrected chi connectivity index (χ1v) is 11.2. The Balaban J connectivity index is 1.62. The van der Waals surface area contributed by atoms with Crippen LogP contribution in [0.5, 0.6) is 0 Å². The van der Waals surface area contributed by atoms with E-state index in [-0.39, 0.29) is 11.8 Å². The summed E-state index contributed by atoms with van der Waals surface area (Å²) in [6.07, 6.45) is 3.87. The molecule has 1 aliphatic rings. The average Bonchev–Trinajstić information content (AvgIpc) is 3.55. The van der Waals surface area contributed by atoms with Crippen molar-refractivity contribution in [3.63, 3.8) is 0 Å². The Morgan fingerprint density at radius 2 is 1.41 bits per heavy atom. The smallest absolute Gasteiger partial charge is 0.259 e. The van der Waals surface area contributed by atoms with Gasteiger partial charge in [-0.15, -0.1) is 11.3 Å². The second-order valence-corrected chi connectivity index (χ2v) is 9.01. The lowest BCUT2D eigenvalue weighted by atomic mass is 9.95. The summed E-state index contributed by atoms with van der Waals surface area (Å²) in [5, 5.41) is 6.49. The van der Waals surface area contributed by atoms with E-state index in [0.717, 1.165) is 38.5 Å². The molecule has 1 aliphatic heterocycles. The molecule has 0 saturated heterocycles. The molecule has 0 fully saturated rings. The minimum Gasteiger partial charge on any atom is -0.350 e. The van der Waals surface area contributed by atoms with Crippen LogP contribution in [0, 0.1) is 0 Å². The molecule has 2 amide bonds. The van der Waals surface area contributed by atoms with E-state index in [2.05, 4.69) is 28.9 Å². The van der Waals surface area contributed by atoms with Crippen molar-refractivity contribution in [1.29, 1.82) is 0 Å². The quantitative estimate of drug-likeness (QED) is 0.406. The highest BCUT2D eigenvalue weighted by Crippen LogP contribution is 2.39. The van der Waals surface area contributed by atoms with Gasteiger partial charge in [-0.1, -0.05) is 36.4 Å². The molecule has 0 bridgehead atoms. The van der Waals surface area contributed by atoms with Crippen LogP contribution in [-0.2, 0) is 23.7 Å². The third-order valence-electron chi connectivity index (χ3n) is 6.16. The lowest BCUT2D eigenvalue weighted by Gasteiger charge is -2.04. The van der Waals surface area contributed by atoms with Crippen molar-refractivity contribution < 1.29 is 9.59 Å². The van der Waals surface area contributed by atoms with Crippen LogP contribution < -0.4 is 5.32 Å². The second-order valence-electron chi connectivity index (χ2n) is 8.07. The van der Waals surface area contributed by atoms with Crippen LogP contribution in [0.25, 0.3) is 43.4 Å². The number of hydrogen-bond acceptors (Lipinski definition) is 3. The van der Waals surface area contributed by atoms with Crippen molar-refractivity contribution in [3.05, 3.63) is 83.5 Å². The van der Waals surface area contributed by atoms with Gasteiger partial charge in [-0.2, -0.15) is 0 Å². The van der Waals surface area contributed by atoms with Gasteiger partial charge in [0.15, 0.2) is 0 Å². The molecule has 5 nitrogen and oxygen atoms in total. The Bertz CT molecular complexity index is 1600. The van der Waals surface area contributed by atoms with Gasteiger partial charge in [-0.05, 0) is 29.1 Å². The Hall–Kier alpha value is -3.90. The number of carbonyl (C=O) groups excluding carboxylic acids is 2. The summed E-state index contributed by atoms with van der Waals surface area (Å²) in [5.41, 5.74) is 5.57. The molecule has 3 aromatic heterocycles. The van der Waals surface area contributed by atoms with Crippen LogP contribution >= 0.6 is 11.3 Å². The summed E-state index contributed by atoms with van der Waals surface area (Å²) in [6.45, 7) is 0. The molecule has 0 saturated carbocycles. The second kappa shape index (κ2) is 6.80. The van der Waals surface area contributed by atoms with E-state index in [1.165, 1.54) is 4.88 Å². The minimum absolute atomic E-state index is 0.353. The largest absolute Gasteiger partial charge is 0.350 e. The van der Waals surface area contributed by atoms with E-state index < -0.39 is 0 Å². The Morgan fingerprint density at radius 3 is 2.09 bits per heavy atom. The summed E-state index contributed by atoms with van der Waals surface area (Å²) in [4.78, 5) is 27.2. The molecule has 6 rings (SSSR count). The van der Waals surface area contributed by atoms with Crippen molar-refractivity contribution in [3.8, 4) is 10.4 Å². The highest BCUT2D eigenvalue weighted by Gasteiger charge is 2.35. The maximum absolute atomic E-state index is 13.0. The molecular weight excluding hydrogens is 418 g/mol. The van der Waals surface area contributed by atoms with E-state index in [1.54, 1.807) is 11.3 Å². The number of nitrogens with one attached hydrogen (secondary N) is 1. The van der Waals surface area contributed by atoms with Crippen LogP contribution in [0.1, 0.15) is 11.1 Å². The number of aromatic nitrogens is 2. The molecule has 0 aliphatic carbocycles. The number of carbonyl (C=O) groups is 2. The number of fused-ring (bicyclic) bond motifs is 2. The zero-order valence-corrected chi connectivity index (χ0v) is 18.4. The molecule has 0 radical (unpaired) electrons. The predicted molar refractivity (Wildman–Crippen MR) is 129 cm³/mol. The molecule has 0 spiro atoms. The zero-order chi connectivity index (χ0) is 22.0. The topological polar surface area (TPSA) is 56.0 Å². The van der Waals surface area contributed by atoms with Gasteiger partial charge in [-0.25, -0.2) is 0 Å². The third-order valence-corrected chi connectivity index (χ3v) is 7.08. The van der Waals surface area contributed by atoms with Crippen LogP contribution in [0.4, 0.5) is 0 Å². The molecule has 32 heavy (non-hydrogen) atoms. The van der Waals surface area contributed by atoms with Crippen molar-refractivity contribution >= 4 is 56.1 Å². The number of amides is 2. The molecule has 1 N–H and O–H groups in total. The lowest BCUT2D eigenvalue weighted by Crippen LogP contribution is -2.22. The summed E-state index contributed by atoms with van der Waals surface area (Å²) in [6, 6.07) is 18.3. The molecule has 0 unspecified atom stereocenters. The number of nitrogens with zero attached hydrogens (tertiary/aromatic N) is 2. The molecule has 6 heteroatoms. The van der Waals surface area contributed by atoms with Crippen molar-refractivity contribution in [2.45, 2.75) is 0 Å². The maximum atomic E-state index is 13.0. The Morgan fingerprint density at radius 1 is 0.750 bits per heavy atom.